The average molecular weight is 300 g/mol. The Morgan fingerprint density at radius 2 is 2.05 bits per heavy atom. The number of hydrogen-bond acceptors (Lipinski definition) is 4. The highest BCUT2D eigenvalue weighted by atomic mass is 32.1. The zero-order chi connectivity index (χ0) is 15.1. The lowest BCUT2D eigenvalue weighted by molar-refractivity contribution is -0.130. The van der Waals surface area contributed by atoms with Crippen LogP contribution in [0.2, 0.25) is 0 Å². The molecule has 0 aromatic carbocycles. The topological polar surface area (TPSA) is 52.8 Å². The Labute approximate surface area is 128 Å². The van der Waals surface area contributed by atoms with Gasteiger partial charge in [-0.25, -0.2) is 0 Å². The fraction of sp³-hybridized carbons (Fsp3) is 0.857. The summed E-state index contributed by atoms with van der Waals surface area (Å²) >= 11 is 4.83. The molecule has 20 heavy (non-hydrogen) atoms. The van der Waals surface area contributed by atoms with Gasteiger partial charge in [-0.15, -0.1) is 0 Å². The molecule has 1 saturated heterocycles. The molecule has 1 unspecified atom stereocenters. The first kappa shape index (κ1) is 17.3. The van der Waals surface area contributed by atoms with E-state index in [4.69, 9.17) is 18.0 Å². The van der Waals surface area contributed by atoms with Crippen LogP contribution in [0.15, 0.2) is 0 Å². The molecular weight excluding hydrogens is 272 g/mol. The van der Waals surface area contributed by atoms with Crippen LogP contribution in [0, 0.1) is 0 Å². The Morgan fingerprint density at radius 1 is 1.35 bits per heavy atom. The number of hydrogen-bond donors (Lipinski definition) is 1. The molecule has 2 N–H and O–H groups in total. The van der Waals surface area contributed by atoms with Gasteiger partial charge >= 0.3 is 0 Å². The Balaban J connectivity index is 2.30. The van der Waals surface area contributed by atoms with Crippen molar-refractivity contribution in [3.05, 3.63) is 0 Å². The third-order valence-electron chi connectivity index (χ3n) is 3.81. The third-order valence-corrected chi connectivity index (χ3v) is 4.01. The van der Waals surface area contributed by atoms with E-state index in [9.17, 15) is 4.79 Å². The van der Waals surface area contributed by atoms with Crippen LogP contribution in [0.3, 0.4) is 0 Å². The van der Waals surface area contributed by atoms with Gasteiger partial charge in [0.25, 0.3) is 0 Å². The summed E-state index contributed by atoms with van der Waals surface area (Å²) in [6, 6.07) is 0.597. The smallest absolute Gasteiger partial charge is 0.223 e. The van der Waals surface area contributed by atoms with Gasteiger partial charge in [-0.2, -0.15) is 0 Å². The third kappa shape index (κ3) is 6.15. The number of carbonyl (C=O) groups is 1. The van der Waals surface area contributed by atoms with E-state index in [0.717, 1.165) is 19.6 Å². The standard InChI is InChI=1S/C14H28N4OS/c1-16(2)11-12-5-4-8-18(12)10-7-14(19)17(3)9-6-13(15)20/h12H,4-11H2,1-3H3,(H2,15,20). The molecule has 1 rings (SSSR count). The van der Waals surface area contributed by atoms with Crippen molar-refractivity contribution in [2.75, 3.05) is 47.3 Å². The second-order valence-corrected chi connectivity index (χ2v) is 6.40. The highest BCUT2D eigenvalue weighted by molar-refractivity contribution is 7.80. The highest BCUT2D eigenvalue weighted by Gasteiger charge is 2.25. The molecule has 1 aliphatic rings. The van der Waals surface area contributed by atoms with Gasteiger partial charge in [0.2, 0.25) is 5.91 Å². The lowest BCUT2D eigenvalue weighted by atomic mass is 10.2. The first-order chi connectivity index (χ1) is 9.40. The summed E-state index contributed by atoms with van der Waals surface area (Å²) in [5, 5.41) is 0. The van der Waals surface area contributed by atoms with E-state index in [2.05, 4.69) is 23.9 Å². The molecular formula is C14H28N4OS. The van der Waals surface area contributed by atoms with Crippen LogP contribution in [0.25, 0.3) is 0 Å². The monoisotopic (exact) mass is 300 g/mol. The summed E-state index contributed by atoms with van der Waals surface area (Å²) in [4.78, 5) is 18.9. The number of carbonyl (C=O) groups excluding carboxylic acids is 1. The number of thiocarbonyl (C=S) groups is 1. The molecule has 116 valence electrons. The predicted octanol–water partition coefficient (Wildman–Crippen LogP) is 0.537. The molecule has 0 aromatic heterocycles. The maximum absolute atomic E-state index is 12.0. The lowest BCUT2D eigenvalue weighted by Gasteiger charge is -2.27. The quantitative estimate of drug-likeness (QED) is 0.663. The minimum atomic E-state index is 0.178. The summed E-state index contributed by atoms with van der Waals surface area (Å²) in [5.41, 5.74) is 5.46. The number of likely N-dealkylation sites (tertiary alicyclic amines) is 1. The molecule has 0 aromatic rings. The molecule has 1 amide bonds. The van der Waals surface area contributed by atoms with E-state index in [1.54, 1.807) is 4.90 Å². The average Bonchev–Trinajstić information content (AvgIpc) is 2.79. The van der Waals surface area contributed by atoms with E-state index >= 15 is 0 Å². The normalized spacial score (nSPS) is 19.5. The van der Waals surface area contributed by atoms with E-state index in [1.165, 1.54) is 12.8 Å². The number of amides is 1. The van der Waals surface area contributed by atoms with Crippen LogP contribution < -0.4 is 5.73 Å². The van der Waals surface area contributed by atoms with E-state index in [-0.39, 0.29) is 5.91 Å². The van der Waals surface area contributed by atoms with Crippen molar-refractivity contribution in [1.29, 1.82) is 0 Å². The molecule has 6 heteroatoms. The molecule has 1 fully saturated rings. The van der Waals surface area contributed by atoms with E-state index in [0.29, 0.717) is 30.4 Å². The summed E-state index contributed by atoms with van der Waals surface area (Å²) in [6.07, 6.45) is 3.66. The molecule has 5 nitrogen and oxygen atoms in total. The largest absolute Gasteiger partial charge is 0.393 e. The highest BCUT2D eigenvalue weighted by Crippen LogP contribution is 2.18. The molecule has 0 aliphatic carbocycles. The molecule has 1 aliphatic heterocycles. The van der Waals surface area contributed by atoms with Crippen molar-refractivity contribution >= 4 is 23.1 Å². The second-order valence-electron chi connectivity index (χ2n) is 5.88. The van der Waals surface area contributed by atoms with Crippen molar-refractivity contribution < 1.29 is 4.79 Å². The SMILES string of the molecule is CN(C)CC1CCCN1CCC(=O)N(C)CCC(N)=S. The molecule has 0 saturated carbocycles. The van der Waals surface area contributed by atoms with Crippen LogP contribution in [-0.4, -0.2) is 79.0 Å². The fourth-order valence-corrected chi connectivity index (χ4v) is 2.74. The maximum atomic E-state index is 12.0. The molecule has 0 bridgehead atoms. The van der Waals surface area contributed by atoms with Crippen LogP contribution in [0.5, 0.6) is 0 Å². The predicted molar refractivity (Wildman–Crippen MR) is 86.8 cm³/mol. The van der Waals surface area contributed by atoms with Gasteiger partial charge in [-0.05, 0) is 33.5 Å². The molecule has 1 atom stereocenters. The van der Waals surface area contributed by atoms with Gasteiger partial charge in [-0.3, -0.25) is 9.69 Å². The van der Waals surface area contributed by atoms with Gasteiger partial charge in [0.05, 0.1) is 4.99 Å². The van der Waals surface area contributed by atoms with Gasteiger partial charge < -0.3 is 15.5 Å². The molecule has 0 radical (unpaired) electrons. The van der Waals surface area contributed by atoms with Gasteiger partial charge in [-0.1, -0.05) is 12.2 Å². The van der Waals surface area contributed by atoms with E-state index in [1.807, 2.05) is 7.05 Å². The van der Waals surface area contributed by atoms with Crippen molar-refractivity contribution in [3.8, 4) is 0 Å². The van der Waals surface area contributed by atoms with E-state index < -0.39 is 0 Å². The van der Waals surface area contributed by atoms with Crippen LogP contribution >= 0.6 is 12.2 Å². The Kier molecular flexibility index (Phi) is 7.40. The Bertz CT molecular complexity index is 335. The first-order valence-electron chi connectivity index (χ1n) is 7.31. The number of nitrogens with zero attached hydrogens (tertiary/aromatic N) is 3. The van der Waals surface area contributed by atoms with Crippen molar-refractivity contribution in [3.63, 3.8) is 0 Å². The Morgan fingerprint density at radius 3 is 2.65 bits per heavy atom. The minimum Gasteiger partial charge on any atom is -0.393 e. The van der Waals surface area contributed by atoms with Crippen LogP contribution in [0.1, 0.15) is 25.7 Å². The number of nitrogens with two attached hydrogens (primary N) is 1. The number of rotatable bonds is 8. The van der Waals surface area contributed by atoms with Crippen molar-refractivity contribution in [2.24, 2.45) is 5.73 Å². The molecule has 0 spiro atoms. The Hall–Kier alpha value is -0.720. The minimum absolute atomic E-state index is 0.178. The zero-order valence-electron chi connectivity index (χ0n) is 13.0. The summed E-state index contributed by atoms with van der Waals surface area (Å²) in [6.45, 7) is 3.66. The van der Waals surface area contributed by atoms with Crippen molar-refractivity contribution in [2.45, 2.75) is 31.7 Å². The lowest BCUT2D eigenvalue weighted by Crippen LogP contribution is -2.40. The second kappa shape index (κ2) is 8.54. The first-order valence-corrected chi connectivity index (χ1v) is 7.72. The maximum Gasteiger partial charge on any atom is 0.223 e. The summed E-state index contributed by atoms with van der Waals surface area (Å²) in [7, 11) is 6.03. The van der Waals surface area contributed by atoms with Crippen LogP contribution in [-0.2, 0) is 4.79 Å². The van der Waals surface area contributed by atoms with Crippen molar-refractivity contribution in [1.82, 2.24) is 14.7 Å². The summed E-state index contributed by atoms with van der Waals surface area (Å²) < 4.78 is 0. The van der Waals surface area contributed by atoms with Gasteiger partial charge in [0.15, 0.2) is 0 Å². The van der Waals surface area contributed by atoms with Gasteiger partial charge in [0.1, 0.15) is 0 Å². The van der Waals surface area contributed by atoms with Crippen LogP contribution in [0.4, 0.5) is 0 Å². The molecule has 1 heterocycles. The fourth-order valence-electron chi connectivity index (χ4n) is 2.65. The van der Waals surface area contributed by atoms with Gasteiger partial charge in [0, 0.05) is 45.6 Å². The number of likely N-dealkylation sites (N-methyl/N-ethyl adjacent to an activating group) is 1. The zero-order valence-corrected chi connectivity index (χ0v) is 13.8. The summed E-state index contributed by atoms with van der Waals surface area (Å²) in [5.74, 6) is 0.178.